The molecule has 0 fully saturated rings. The van der Waals surface area contributed by atoms with Crippen molar-refractivity contribution in [2.24, 2.45) is 0 Å². The van der Waals surface area contributed by atoms with Gasteiger partial charge in [-0.05, 0) is 49.5 Å². The molecule has 1 aromatic rings. The van der Waals surface area contributed by atoms with Crippen LogP contribution in [0.3, 0.4) is 0 Å². The summed E-state index contributed by atoms with van der Waals surface area (Å²) < 4.78 is 18.4. The average Bonchev–Trinajstić information content (AvgIpc) is 2.56. The maximum Gasteiger partial charge on any atom is 0.331 e. The second-order valence-corrected chi connectivity index (χ2v) is 5.46. The van der Waals surface area contributed by atoms with Crippen molar-refractivity contribution < 1.29 is 23.8 Å². The molecule has 0 saturated carbocycles. The van der Waals surface area contributed by atoms with Gasteiger partial charge in [0.1, 0.15) is 5.82 Å². The van der Waals surface area contributed by atoms with Gasteiger partial charge < -0.3 is 9.84 Å². The van der Waals surface area contributed by atoms with E-state index in [9.17, 15) is 19.1 Å². The summed E-state index contributed by atoms with van der Waals surface area (Å²) in [6, 6.07) is 4.62. The van der Waals surface area contributed by atoms with Gasteiger partial charge in [0.25, 0.3) is 0 Å². The van der Waals surface area contributed by atoms with Crippen LogP contribution >= 0.6 is 0 Å². The molecule has 4 nitrogen and oxygen atoms in total. The van der Waals surface area contributed by atoms with Crippen LogP contribution in [-0.4, -0.2) is 23.7 Å². The van der Waals surface area contributed by atoms with Crippen LogP contribution in [0.1, 0.15) is 43.2 Å². The van der Waals surface area contributed by atoms with Gasteiger partial charge in [-0.3, -0.25) is 0 Å². The quantitative estimate of drug-likeness (QED) is 0.394. The molecule has 1 N–H and O–H groups in total. The van der Waals surface area contributed by atoms with E-state index in [2.05, 4.69) is 6.58 Å². The van der Waals surface area contributed by atoms with E-state index in [-0.39, 0.29) is 11.4 Å². The Labute approximate surface area is 141 Å². The highest BCUT2D eigenvalue weighted by Crippen LogP contribution is 2.19. The third kappa shape index (κ3) is 6.77. The zero-order valence-electron chi connectivity index (χ0n) is 13.9. The number of carbonyl (C=O) groups is 2. The van der Waals surface area contributed by atoms with Crippen molar-refractivity contribution in [1.82, 2.24) is 0 Å². The number of hydrogen-bond acceptors (Lipinski definition) is 3. The fourth-order valence-corrected chi connectivity index (χ4v) is 2.21. The Hall–Kier alpha value is -2.43. The SMILES string of the molecule is C=CC(=O)OCCCCCCC(=Cc1cccc(F)c1C)C(=O)O. The van der Waals surface area contributed by atoms with Gasteiger partial charge >= 0.3 is 11.9 Å². The fourth-order valence-electron chi connectivity index (χ4n) is 2.21. The molecule has 0 unspecified atom stereocenters. The molecule has 1 rings (SSSR count). The van der Waals surface area contributed by atoms with Gasteiger partial charge in [0.15, 0.2) is 0 Å². The van der Waals surface area contributed by atoms with Crippen LogP contribution in [0.4, 0.5) is 4.39 Å². The normalized spacial score (nSPS) is 11.2. The second-order valence-electron chi connectivity index (χ2n) is 5.46. The van der Waals surface area contributed by atoms with Gasteiger partial charge in [-0.25, -0.2) is 14.0 Å². The Morgan fingerprint density at radius 1 is 1.25 bits per heavy atom. The van der Waals surface area contributed by atoms with Gasteiger partial charge in [-0.2, -0.15) is 0 Å². The number of unbranched alkanes of at least 4 members (excludes halogenated alkanes) is 3. The summed E-state index contributed by atoms with van der Waals surface area (Å²) in [4.78, 5) is 22.2. The molecular weight excluding hydrogens is 311 g/mol. The first-order valence-electron chi connectivity index (χ1n) is 7.94. The minimum absolute atomic E-state index is 0.266. The van der Waals surface area contributed by atoms with Crippen molar-refractivity contribution >= 4 is 18.0 Å². The maximum absolute atomic E-state index is 13.5. The minimum Gasteiger partial charge on any atom is -0.478 e. The smallest absolute Gasteiger partial charge is 0.331 e. The van der Waals surface area contributed by atoms with Crippen LogP contribution in [0.5, 0.6) is 0 Å². The Morgan fingerprint density at radius 2 is 1.96 bits per heavy atom. The number of aliphatic carboxylic acids is 1. The van der Waals surface area contributed by atoms with Crippen LogP contribution in [0.25, 0.3) is 6.08 Å². The summed E-state index contributed by atoms with van der Waals surface area (Å²) >= 11 is 0. The number of hydrogen-bond donors (Lipinski definition) is 1. The van der Waals surface area contributed by atoms with E-state index in [1.807, 2.05) is 0 Å². The van der Waals surface area contributed by atoms with Crippen LogP contribution in [-0.2, 0) is 14.3 Å². The van der Waals surface area contributed by atoms with Crippen molar-refractivity contribution in [3.8, 4) is 0 Å². The van der Waals surface area contributed by atoms with Gasteiger partial charge in [0.05, 0.1) is 6.61 Å². The Kier molecular flexibility index (Phi) is 8.47. The van der Waals surface area contributed by atoms with Crippen LogP contribution in [0.2, 0.25) is 0 Å². The predicted molar refractivity (Wildman–Crippen MR) is 91.0 cm³/mol. The molecular formula is C19H23FO4. The summed E-state index contributed by atoms with van der Waals surface area (Å²) in [5.41, 5.74) is 1.30. The predicted octanol–water partition coefficient (Wildman–Crippen LogP) is 4.28. The second kappa shape index (κ2) is 10.4. The molecule has 0 atom stereocenters. The van der Waals surface area contributed by atoms with Crippen LogP contribution in [0, 0.1) is 12.7 Å². The molecule has 130 valence electrons. The molecule has 0 heterocycles. The first-order chi connectivity index (χ1) is 11.5. The Morgan fingerprint density at radius 3 is 2.62 bits per heavy atom. The number of ether oxygens (including phenoxy) is 1. The third-order valence-corrected chi connectivity index (χ3v) is 3.67. The van der Waals surface area contributed by atoms with E-state index in [1.165, 1.54) is 12.1 Å². The largest absolute Gasteiger partial charge is 0.478 e. The van der Waals surface area contributed by atoms with Gasteiger partial charge in [-0.1, -0.05) is 31.6 Å². The first kappa shape index (κ1) is 19.6. The molecule has 1 aromatic carbocycles. The number of rotatable bonds is 10. The standard InChI is InChI=1S/C19H23FO4/c1-3-18(21)24-12-7-5-4-6-9-16(19(22)23)13-15-10-8-11-17(20)14(15)2/h3,8,10-11,13H,1,4-7,9,12H2,2H3,(H,22,23). The molecule has 0 amide bonds. The lowest BCUT2D eigenvalue weighted by Gasteiger charge is -2.06. The molecule has 0 aromatic heterocycles. The number of carbonyl (C=O) groups excluding carboxylic acids is 1. The Bertz CT molecular complexity index is 620. The monoisotopic (exact) mass is 334 g/mol. The topological polar surface area (TPSA) is 63.6 Å². The molecule has 0 radical (unpaired) electrons. The number of esters is 1. The highest BCUT2D eigenvalue weighted by atomic mass is 19.1. The van der Waals surface area contributed by atoms with E-state index >= 15 is 0 Å². The number of halogens is 1. The fraction of sp³-hybridized carbons (Fsp3) is 0.368. The lowest BCUT2D eigenvalue weighted by Crippen LogP contribution is -2.02. The van der Waals surface area contributed by atoms with E-state index < -0.39 is 11.9 Å². The highest BCUT2D eigenvalue weighted by molar-refractivity contribution is 5.92. The van der Waals surface area contributed by atoms with Crippen molar-refractivity contribution in [2.45, 2.75) is 39.0 Å². The Balaban J connectivity index is 2.46. The van der Waals surface area contributed by atoms with Gasteiger partial charge in [0, 0.05) is 11.6 Å². The van der Waals surface area contributed by atoms with Crippen molar-refractivity contribution in [2.75, 3.05) is 6.61 Å². The average molecular weight is 334 g/mol. The lowest BCUT2D eigenvalue weighted by molar-refractivity contribution is -0.138. The lowest BCUT2D eigenvalue weighted by atomic mass is 10.0. The van der Waals surface area contributed by atoms with E-state index in [4.69, 9.17) is 4.74 Å². The molecule has 0 bridgehead atoms. The zero-order chi connectivity index (χ0) is 17.9. The summed E-state index contributed by atoms with van der Waals surface area (Å²) in [5.74, 6) is -1.77. The zero-order valence-corrected chi connectivity index (χ0v) is 13.9. The molecule has 24 heavy (non-hydrogen) atoms. The maximum atomic E-state index is 13.5. The van der Waals surface area contributed by atoms with Crippen molar-refractivity contribution in [3.63, 3.8) is 0 Å². The van der Waals surface area contributed by atoms with Crippen LogP contribution < -0.4 is 0 Å². The van der Waals surface area contributed by atoms with Crippen molar-refractivity contribution in [3.05, 3.63) is 53.4 Å². The van der Waals surface area contributed by atoms with Crippen LogP contribution in [0.15, 0.2) is 36.4 Å². The minimum atomic E-state index is -0.987. The highest BCUT2D eigenvalue weighted by Gasteiger charge is 2.09. The first-order valence-corrected chi connectivity index (χ1v) is 7.94. The van der Waals surface area contributed by atoms with Gasteiger partial charge in [0.2, 0.25) is 0 Å². The number of carboxylic acid groups (broad SMARTS) is 1. The molecule has 5 heteroatoms. The van der Waals surface area contributed by atoms with E-state index in [0.29, 0.717) is 30.6 Å². The van der Waals surface area contributed by atoms with Crippen molar-refractivity contribution in [1.29, 1.82) is 0 Å². The van der Waals surface area contributed by atoms with E-state index in [1.54, 1.807) is 19.1 Å². The summed E-state index contributed by atoms with van der Waals surface area (Å²) in [6.07, 6.45) is 6.19. The molecule has 0 aliphatic carbocycles. The summed E-state index contributed by atoms with van der Waals surface area (Å²) in [6.45, 7) is 5.28. The summed E-state index contributed by atoms with van der Waals surface area (Å²) in [7, 11) is 0. The summed E-state index contributed by atoms with van der Waals surface area (Å²) in [5, 5.41) is 9.29. The molecule has 0 saturated heterocycles. The molecule has 0 aliphatic heterocycles. The molecule has 0 spiro atoms. The number of benzene rings is 1. The van der Waals surface area contributed by atoms with Gasteiger partial charge in [-0.15, -0.1) is 0 Å². The van der Waals surface area contributed by atoms with E-state index in [0.717, 1.165) is 25.3 Å². The number of carboxylic acids is 1. The molecule has 0 aliphatic rings. The third-order valence-electron chi connectivity index (χ3n) is 3.67.